The summed E-state index contributed by atoms with van der Waals surface area (Å²) < 4.78 is 0. The van der Waals surface area contributed by atoms with E-state index in [4.69, 9.17) is 0 Å². The highest BCUT2D eigenvalue weighted by Crippen LogP contribution is 2.38. The molecular weight excluding hydrogens is 1210 g/mol. The Hall–Kier alpha value is -13.3. The maximum absolute atomic E-state index is 3.55. The summed E-state index contributed by atoms with van der Waals surface area (Å²) in [5, 5.41) is 14.0. The molecule has 0 atom stereocenters. The van der Waals surface area contributed by atoms with Crippen LogP contribution in [0.15, 0.2) is 437 Å². The van der Waals surface area contributed by atoms with Crippen molar-refractivity contribution < 1.29 is 0 Å². The smallest absolute Gasteiger partial charge is 0.0464 e. The summed E-state index contributed by atoms with van der Waals surface area (Å²) in [6.45, 7) is 0. The summed E-state index contributed by atoms with van der Waals surface area (Å²) >= 11 is 0. The summed E-state index contributed by atoms with van der Waals surface area (Å²) in [5.41, 5.74) is 28.3. The highest BCUT2D eigenvalue weighted by Gasteiger charge is 2.12. The zero-order valence-electron chi connectivity index (χ0n) is 55.6. The molecule has 0 aromatic heterocycles. The van der Waals surface area contributed by atoms with Gasteiger partial charge < -0.3 is 21.3 Å². The van der Waals surface area contributed by atoms with Gasteiger partial charge in [0.1, 0.15) is 0 Å². The first-order valence-corrected chi connectivity index (χ1v) is 33.9. The van der Waals surface area contributed by atoms with Gasteiger partial charge in [-0.25, -0.2) is 0 Å². The fourth-order valence-corrected chi connectivity index (χ4v) is 12.0. The lowest BCUT2D eigenvalue weighted by atomic mass is 9.94. The fraction of sp³-hybridized carbons (Fsp3) is 0. The average molecular weight is 1290 g/mol. The molecule has 4 N–H and O–H groups in total. The van der Waals surface area contributed by atoms with E-state index in [1.807, 2.05) is 97.1 Å². The van der Waals surface area contributed by atoms with Crippen molar-refractivity contribution in [2.24, 2.45) is 0 Å². The third kappa shape index (κ3) is 18.2. The predicted molar refractivity (Wildman–Crippen MR) is 428 cm³/mol. The molecule has 0 saturated carbocycles. The maximum atomic E-state index is 3.55. The Balaban J connectivity index is 0.000000119. The summed E-state index contributed by atoms with van der Waals surface area (Å²) in [6, 6.07) is 152. The van der Waals surface area contributed by atoms with Crippen molar-refractivity contribution in [2.45, 2.75) is 0 Å². The second kappa shape index (κ2) is 33.9. The second-order valence-electron chi connectivity index (χ2n) is 24.0. The lowest BCUT2D eigenvalue weighted by Crippen LogP contribution is -1.94. The van der Waals surface area contributed by atoms with E-state index in [1.165, 1.54) is 89.0 Å². The first-order valence-electron chi connectivity index (χ1n) is 33.9. The van der Waals surface area contributed by atoms with Gasteiger partial charge >= 0.3 is 0 Å². The minimum absolute atomic E-state index is 1.09. The summed E-state index contributed by atoms with van der Waals surface area (Å²) in [5.74, 6) is 0. The molecule has 16 aromatic carbocycles. The van der Waals surface area contributed by atoms with Gasteiger partial charge in [-0.3, -0.25) is 0 Å². The number of benzene rings is 16. The van der Waals surface area contributed by atoms with Crippen LogP contribution in [-0.2, 0) is 0 Å². The molecule has 0 aliphatic rings. The van der Waals surface area contributed by atoms with Crippen LogP contribution in [0, 0.1) is 0 Å². The van der Waals surface area contributed by atoms with Crippen LogP contribution in [0.3, 0.4) is 0 Å². The van der Waals surface area contributed by atoms with Gasteiger partial charge in [0.15, 0.2) is 0 Å². The standard InChI is InChI=1S/4C24H19N/c1-4-10-19(11-5-1)21-16-22(20-12-6-2-7-13-20)18-24(17-21)25-23-14-8-3-9-15-23;1-4-10-19(11-5-1)21-16-17-24(25-22-14-8-3-9-15-22)23(18-21)20-12-6-2-7-13-20;1-3-10-19(11-4-1)23-16-7-8-17-24(23)20-12-9-15-22(18-20)25-21-13-5-2-6-14-21;1-3-8-19(9-4-1)21-10-7-11-22(18-21)20-14-16-24(17-15-20)25-23-12-5-2-6-13-23/h4*1-18,25H. The van der Waals surface area contributed by atoms with Crippen LogP contribution in [0.25, 0.3) is 89.0 Å². The third-order valence-electron chi connectivity index (χ3n) is 17.0. The molecule has 4 nitrogen and oxygen atoms in total. The quantitative estimate of drug-likeness (QED) is 0.0779. The second-order valence-corrected chi connectivity index (χ2v) is 24.0. The third-order valence-corrected chi connectivity index (χ3v) is 17.0. The van der Waals surface area contributed by atoms with E-state index in [9.17, 15) is 0 Å². The first-order chi connectivity index (χ1) is 49.6. The van der Waals surface area contributed by atoms with Crippen molar-refractivity contribution in [3.63, 3.8) is 0 Å². The van der Waals surface area contributed by atoms with Gasteiger partial charge in [0.25, 0.3) is 0 Å². The van der Waals surface area contributed by atoms with Crippen LogP contribution in [0.1, 0.15) is 0 Å². The predicted octanol–water partition coefficient (Wildman–Crippen LogP) is 27.1. The molecule has 16 aromatic rings. The molecule has 0 radical (unpaired) electrons. The van der Waals surface area contributed by atoms with E-state index in [0.717, 1.165) is 45.5 Å². The van der Waals surface area contributed by atoms with Crippen LogP contribution >= 0.6 is 0 Å². The summed E-state index contributed by atoms with van der Waals surface area (Å²) in [6.07, 6.45) is 0. The normalized spacial score (nSPS) is 10.4. The van der Waals surface area contributed by atoms with E-state index < -0.39 is 0 Å². The minimum atomic E-state index is 1.09. The Labute approximate surface area is 589 Å². The van der Waals surface area contributed by atoms with Gasteiger partial charge in [-0.1, -0.05) is 328 Å². The number of para-hydroxylation sites is 4. The maximum Gasteiger partial charge on any atom is 0.0464 e. The number of hydrogen-bond acceptors (Lipinski definition) is 4. The van der Waals surface area contributed by atoms with Crippen LogP contribution in [0.4, 0.5) is 45.5 Å². The monoisotopic (exact) mass is 1280 g/mol. The summed E-state index contributed by atoms with van der Waals surface area (Å²) in [7, 11) is 0. The lowest BCUT2D eigenvalue weighted by molar-refractivity contribution is 1.52. The van der Waals surface area contributed by atoms with Crippen LogP contribution in [-0.4, -0.2) is 0 Å². The van der Waals surface area contributed by atoms with Gasteiger partial charge in [0.05, 0.1) is 0 Å². The molecule has 0 heterocycles. The van der Waals surface area contributed by atoms with Gasteiger partial charge in [-0.2, -0.15) is 0 Å². The Morgan fingerprint density at radius 1 is 0.110 bits per heavy atom. The van der Waals surface area contributed by atoms with E-state index >= 15 is 0 Å². The number of anilines is 8. The molecular formula is C96H76N4. The van der Waals surface area contributed by atoms with E-state index in [2.05, 4.69) is 361 Å². The van der Waals surface area contributed by atoms with Crippen molar-refractivity contribution in [1.29, 1.82) is 0 Å². The fourth-order valence-electron chi connectivity index (χ4n) is 12.0. The van der Waals surface area contributed by atoms with Crippen molar-refractivity contribution >= 4 is 45.5 Å². The van der Waals surface area contributed by atoms with Crippen LogP contribution in [0.2, 0.25) is 0 Å². The highest BCUT2D eigenvalue weighted by molar-refractivity contribution is 5.87. The Morgan fingerprint density at radius 3 is 0.800 bits per heavy atom. The molecule has 0 aliphatic carbocycles. The lowest BCUT2D eigenvalue weighted by Gasteiger charge is -2.14. The van der Waals surface area contributed by atoms with E-state index in [-0.39, 0.29) is 0 Å². The molecule has 16 rings (SSSR count). The molecule has 0 saturated heterocycles. The van der Waals surface area contributed by atoms with Crippen molar-refractivity contribution in [3.8, 4) is 89.0 Å². The molecule has 0 aliphatic heterocycles. The molecule has 0 fully saturated rings. The first kappa shape index (κ1) is 65.4. The molecule has 100 heavy (non-hydrogen) atoms. The highest BCUT2D eigenvalue weighted by atomic mass is 14.9. The molecule has 0 bridgehead atoms. The topological polar surface area (TPSA) is 48.1 Å². The van der Waals surface area contributed by atoms with Gasteiger partial charge in [-0.15, -0.1) is 0 Å². The van der Waals surface area contributed by atoms with Crippen molar-refractivity contribution in [2.75, 3.05) is 21.3 Å². The molecule has 0 spiro atoms. The zero-order valence-corrected chi connectivity index (χ0v) is 55.6. The largest absolute Gasteiger partial charge is 0.356 e. The van der Waals surface area contributed by atoms with Crippen LogP contribution < -0.4 is 21.3 Å². The summed E-state index contributed by atoms with van der Waals surface area (Å²) in [4.78, 5) is 0. The minimum Gasteiger partial charge on any atom is -0.356 e. The molecule has 0 unspecified atom stereocenters. The Morgan fingerprint density at radius 2 is 0.360 bits per heavy atom. The van der Waals surface area contributed by atoms with Gasteiger partial charge in [0.2, 0.25) is 0 Å². The Bertz CT molecular complexity index is 5050. The van der Waals surface area contributed by atoms with E-state index in [1.54, 1.807) is 0 Å². The van der Waals surface area contributed by atoms with Crippen molar-refractivity contribution in [3.05, 3.63) is 437 Å². The van der Waals surface area contributed by atoms with Gasteiger partial charge in [-0.05, 0) is 193 Å². The zero-order chi connectivity index (χ0) is 67.6. The number of rotatable bonds is 16. The molecule has 0 amide bonds. The molecule has 4 heteroatoms. The molecule has 480 valence electrons. The SMILES string of the molecule is c1ccc(Nc2cc(-c3ccccc3)cc(-c3ccccc3)c2)cc1.c1ccc(Nc2ccc(-c3cccc(-c4ccccc4)c3)cc2)cc1.c1ccc(Nc2ccc(-c3ccccc3)cc2-c2ccccc2)cc1.c1ccc(Nc2cccc(-c3ccccc3-c3ccccc3)c2)cc1. The number of hydrogen-bond donors (Lipinski definition) is 4. The van der Waals surface area contributed by atoms with Gasteiger partial charge in [0, 0.05) is 51.1 Å². The number of nitrogens with one attached hydrogen (secondary N) is 4. The van der Waals surface area contributed by atoms with Crippen molar-refractivity contribution in [1.82, 2.24) is 0 Å². The Kier molecular flexibility index (Phi) is 22.2. The average Bonchev–Trinajstić information content (AvgIpc) is 0.851. The van der Waals surface area contributed by atoms with E-state index in [0.29, 0.717) is 0 Å². The van der Waals surface area contributed by atoms with Crippen LogP contribution in [0.5, 0.6) is 0 Å².